The summed E-state index contributed by atoms with van der Waals surface area (Å²) in [5.41, 5.74) is -0.838. The van der Waals surface area contributed by atoms with Crippen LogP contribution in [0, 0.1) is 17.3 Å². The minimum absolute atomic E-state index is 0.295. The Morgan fingerprint density at radius 3 is 2.35 bits per heavy atom. The van der Waals surface area contributed by atoms with Gasteiger partial charge in [0.15, 0.2) is 0 Å². The molecule has 2 fully saturated rings. The van der Waals surface area contributed by atoms with Crippen LogP contribution in [0.2, 0.25) is 0 Å². The van der Waals surface area contributed by atoms with Crippen molar-refractivity contribution in [2.45, 2.75) is 77.4 Å². The fourth-order valence-electron chi connectivity index (χ4n) is 4.33. The molecule has 2 rings (SSSR count). The van der Waals surface area contributed by atoms with Gasteiger partial charge in [-0.25, -0.2) is 0 Å². The van der Waals surface area contributed by atoms with Crippen LogP contribution in [0.5, 0.6) is 0 Å². The van der Waals surface area contributed by atoms with Gasteiger partial charge in [-0.05, 0) is 70.1 Å². The molecule has 100 valence electrons. The summed E-state index contributed by atoms with van der Waals surface area (Å²) in [6.45, 7) is 8.17. The Bertz CT molecular complexity index is 290. The highest BCUT2D eigenvalue weighted by Gasteiger charge is 2.52. The van der Waals surface area contributed by atoms with Crippen LogP contribution in [-0.4, -0.2) is 21.4 Å². The van der Waals surface area contributed by atoms with Gasteiger partial charge in [-0.15, -0.1) is 0 Å². The second-order valence-electron chi connectivity index (χ2n) is 7.54. The molecule has 0 aromatic heterocycles. The van der Waals surface area contributed by atoms with E-state index in [-0.39, 0.29) is 0 Å². The van der Waals surface area contributed by atoms with Gasteiger partial charge in [0.25, 0.3) is 0 Å². The van der Waals surface area contributed by atoms with Crippen LogP contribution < -0.4 is 0 Å². The predicted octanol–water partition coefficient (Wildman–Crippen LogP) is 3.11. The van der Waals surface area contributed by atoms with Gasteiger partial charge in [0.2, 0.25) is 0 Å². The van der Waals surface area contributed by atoms with Crippen molar-refractivity contribution in [1.29, 1.82) is 0 Å². The molecule has 2 nitrogen and oxygen atoms in total. The zero-order valence-corrected chi connectivity index (χ0v) is 11.8. The van der Waals surface area contributed by atoms with Gasteiger partial charge in [-0.1, -0.05) is 13.3 Å². The van der Waals surface area contributed by atoms with Crippen molar-refractivity contribution in [3.05, 3.63) is 0 Å². The van der Waals surface area contributed by atoms with Gasteiger partial charge in [0.1, 0.15) is 0 Å². The first-order valence-electron chi connectivity index (χ1n) is 7.10. The van der Waals surface area contributed by atoms with E-state index < -0.39 is 11.2 Å². The molecular weight excluding hydrogens is 212 g/mol. The lowest BCUT2D eigenvalue weighted by molar-refractivity contribution is -0.143. The quantitative estimate of drug-likeness (QED) is 0.739. The monoisotopic (exact) mass is 240 g/mol. The van der Waals surface area contributed by atoms with E-state index in [0.29, 0.717) is 17.3 Å². The van der Waals surface area contributed by atoms with E-state index in [2.05, 4.69) is 6.92 Å². The van der Waals surface area contributed by atoms with E-state index in [1.807, 2.05) is 20.8 Å². The highest BCUT2D eigenvalue weighted by Crippen LogP contribution is 2.56. The second kappa shape index (κ2) is 3.96. The van der Waals surface area contributed by atoms with E-state index in [1.54, 1.807) is 0 Å². The van der Waals surface area contributed by atoms with Gasteiger partial charge in [-0.3, -0.25) is 0 Å². The summed E-state index contributed by atoms with van der Waals surface area (Å²) in [5, 5.41) is 20.8. The zero-order valence-electron chi connectivity index (χ0n) is 11.8. The SMILES string of the molecule is CC(C)(O)[C@H]1CC[C@@]2(C)CCC[C@@](C)(O)[C@@H]2C1. The van der Waals surface area contributed by atoms with Gasteiger partial charge in [0.05, 0.1) is 11.2 Å². The largest absolute Gasteiger partial charge is 0.390 e. The third-order valence-electron chi connectivity index (χ3n) is 5.61. The predicted molar refractivity (Wildman–Crippen MR) is 69.7 cm³/mol. The number of fused-ring (bicyclic) bond motifs is 1. The van der Waals surface area contributed by atoms with Crippen LogP contribution in [0.4, 0.5) is 0 Å². The van der Waals surface area contributed by atoms with E-state index in [0.717, 1.165) is 32.1 Å². The van der Waals surface area contributed by atoms with Crippen LogP contribution in [0.15, 0.2) is 0 Å². The molecule has 0 saturated heterocycles. The minimum Gasteiger partial charge on any atom is -0.390 e. The van der Waals surface area contributed by atoms with Crippen molar-refractivity contribution in [1.82, 2.24) is 0 Å². The van der Waals surface area contributed by atoms with Gasteiger partial charge >= 0.3 is 0 Å². The van der Waals surface area contributed by atoms with Gasteiger partial charge in [0, 0.05) is 0 Å². The summed E-state index contributed by atoms with van der Waals surface area (Å²) < 4.78 is 0. The average molecular weight is 240 g/mol. The molecule has 0 bridgehead atoms. The molecule has 17 heavy (non-hydrogen) atoms. The standard InChI is InChI=1S/C15H28O2/c1-13(2,16)11-6-9-14(3)7-5-8-15(4,17)12(14)10-11/h11-12,16-17H,5-10H2,1-4H3/t11-,12+,14+,15+/m0/s1. The molecule has 0 radical (unpaired) electrons. The van der Waals surface area contributed by atoms with Gasteiger partial charge < -0.3 is 10.2 Å². The summed E-state index contributed by atoms with van der Waals surface area (Å²) in [7, 11) is 0. The zero-order chi connectivity index (χ0) is 12.9. The number of aliphatic hydroxyl groups is 2. The van der Waals surface area contributed by atoms with Crippen molar-refractivity contribution in [3.8, 4) is 0 Å². The van der Waals surface area contributed by atoms with Crippen molar-refractivity contribution in [3.63, 3.8) is 0 Å². The van der Waals surface area contributed by atoms with Crippen molar-refractivity contribution < 1.29 is 10.2 Å². The maximum absolute atomic E-state index is 10.6. The number of hydrogen-bond acceptors (Lipinski definition) is 2. The van der Waals surface area contributed by atoms with Crippen LogP contribution in [-0.2, 0) is 0 Å². The lowest BCUT2D eigenvalue weighted by Crippen LogP contribution is -2.53. The molecule has 0 aromatic rings. The molecule has 2 heteroatoms. The molecular formula is C15H28O2. The third-order valence-corrected chi connectivity index (χ3v) is 5.61. The first kappa shape index (κ1) is 13.4. The molecule has 4 atom stereocenters. The lowest BCUT2D eigenvalue weighted by Gasteiger charge is -2.55. The van der Waals surface area contributed by atoms with Crippen molar-refractivity contribution in [2.75, 3.05) is 0 Å². The Balaban J connectivity index is 2.20. The summed E-state index contributed by atoms with van der Waals surface area (Å²) >= 11 is 0. The Kier molecular flexibility index (Phi) is 3.11. The number of hydrogen-bond donors (Lipinski definition) is 2. The normalized spacial score (nSPS) is 47.6. The Morgan fingerprint density at radius 1 is 1.12 bits per heavy atom. The fourth-order valence-corrected chi connectivity index (χ4v) is 4.33. The summed E-state index contributed by atoms with van der Waals surface area (Å²) in [4.78, 5) is 0. The Hall–Kier alpha value is -0.0800. The van der Waals surface area contributed by atoms with Crippen LogP contribution >= 0.6 is 0 Å². The Labute approximate surface area is 105 Å². The summed E-state index contributed by atoms with van der Waals surface area (Å²) in [6, 6.07) is 0. The average Bonchev–Trinajstić information content (AvgIpc) is 2.14. The molecule has 0 heterocycles. The highest BCUT2D eigenvalue weighted by atomic mass is 16.3. The molecule has 2 N–H and O–H groups in total. The molecule has 0 spiro atoms. The molecule has 0 aromatic carbocycles. The second-order valence-corrected chi connectivity index (χ2v) is 7.54. The Morgan fingerprint density at radius 2 is 1.76 bits per heavy atom. The third kappa shape index (κ3) is 2.39. The molecule has 2 saturated carbocycles. The fraction of sp³-hybridized carbons (Fsp3) is 1.00. The first-order chi connectivity index (χ1) is 7.65. The van der Waals surface area contributed by atoms with Crippen molar-refractivity contribution in [2.24, 2.45) is 17.3 Å². The van der Waals surface area contributed by atoms with E-state index in [9.17, 15) is 10.2 Å². The first-order valence-corrected chi connectivity index (χ1v) is 7.10. The topological polar surface area (TPSA) is 40.5 Å². The molecule has 2 aliphatic rings. The summed E-state index contributed by atoms with van der Waals surface area (Å²) in [5.74, 6) is 0.694. The van der Waals surface area contributed by atoms with Crippen LogP contribution in [0.1, 0.15) is 66.2 Å². The van der Waals surface area contributed by atoms with E-state index in [1.165, 1.54) is 6.42 Å². The van der Waals surface area contributed by atoms with Crippen LogP contribution in [0.25, 0.3) is 0 Å². The molecule has 2 aliphatic carbocycles. The van der Waals surface area contributed by atoms with Crippen molar-refractivity contribution >= 4 is 0 Å². The lowest BCUT2D eigenvalue weighted by atomic mass is 9.52. The van der Waals surface area contributed by atoms with Gasteiger partial charge in [-0.2, -0.15) is 0 Å². The minimum atomic E-state index is -0.602. The summed E-state index contributed by atoms with van der Waals surface area (Å²) in [6.07, 6.45) is 6.55. The number of rotatable bonds is 1. The van der Waals surface area contributed by atoms with E-state index >= 15 is 0 Å². The maximum Gasteiger partial charge on any atom is 0.0653 e. The maximum atomic E-state index is 10.6. The molecule has 0 aliphatic heterocycles. The highest BCUT2D eigenvalue weighted by molar-refractivity contribution is 5.03. The smallest absolute Gasteiger partial charge is 0.0653 e. The molecule has 0 unspecified atom stereocenters. The van der Waals surface area contributed by atoms with Crippen LogP contribution in [0.3, 0.4) is 0 Å². The molecule has 0 amide bonds. The van der Waals surface area contributed by atoms with E-state index in [4.69, 9.17) is 0 Å².